The number of amides is 1. The van der Waals surface area contributed by atoms with Gasteiger partial charge >= 0.3 is 0 Å². The first kappa shape index (κ1) is 19.6. The zero-order chi connectivity index (χ0) is 19.6. The number of benzene rings is 2. The van der Waals surface area contributed by atoms with E-state index in [1.54, 1.807) is 4.90 Å². The Morgan fingerprint density at radius 2 is 1.96 bits per heavy atom. The first-order valence-electron chi connectivity index (χ1n) is 8.25. The minimum atomic E-state index is -3.97. The summed E-state index contributed by atoms with van der Waals surface area (Å²) in [4.78, 5) is 14.2. The van der Waals surface area contributed by atoms with Gasteiger partial charge in [-0.15, -0.1) is 0 Å². The Labute approximate surface area is 161 Å². The number of sulfonamides is 1. The minimum Gasteiger partial charge on any atom is -0.375 e. The number of carbonyl (C=O) groups excluding carboxylic acids is 1. The molecule has 1 unspecified atom stereocenters. The van der Waals surface area contributed by atoms with Gasteiger partial charge in [0.25, 0.3) is 15.9 Å². The first-order chi connectivity index (χ1) is 12.8. The zero-order valence-electron chi connectivity index (χ0n) is 14.5. The molecule has 1 N–H and O–H groups in total. The van der Waals surface area contributed by atoms with Crippen molar-refractivity contribution in [2.45, 2.75) is 17.9 Å². The molecule has 2 aromatic carbocycles. The molecule has 1 heterocycles. The van der Waals surface area contributed by atoms with Crippen molar-refractivity contribution in [3.63, 3.8) is 0 Å². The van der Waals surface area contributed by atoms with E-state index < -0.39 is 15.8 Å². The van der Waals surface area contributed by atoms with Crippen LogP contribution in [0, 0.1) is 5.82 Å². The molecule has 1 fully saturated rings. The SMILES string of the molecule is CC1CN(C(=O)c2cc(S(=O)(=O)Nc3ccc(F)cc3)ccc2Cl)CCO1. The molecule has 1 atom stereocenters. The van der Waals surface area contributed by atoms with Gasteiger partial charge in [-0.1, -0.05) is 11.6 Å². The van der Waals surface area contributed by atoms with Crippen LogP contribution >= 0.6 is 11.6 Å². The van der Waals surface area contributed by atoms with E-state index in [0.717, 1.165) is 12.1 Å². The molecule has 1 saturated heterocycles. The summed E-state index contributed by atoms with van der Waals surface area (Å²) < 4.78 is 46.0. The van der Waals surface area contributed by atoms with Crippen molar-refractivity contribution in [3.8, 4) is 0 Å². The summed E-state index contributed by atoms with van der Waals surface area (Å²) in [5, 5.41) is 0.167. The van der Waals surface area contributed by atoms with Crippen LogP contribution in [0.5, 0.6) is 0 Å². The molecule has 3 rings (SSSR count). The summed E-state index contributed by atoms with van der Waals surface area (Å²) in [7, 11) is -3.97. The van der Waals surface area contributed by atoms with Gasteiger partial charge in [-0.25, -0.2) is 12.8 Å². The largest absolute Gasteiger partial charge is 0.375 e. The number of rotatable bonds is 4. The molecule has 0 bridgehead atoms. The van der Waals surface area contributed by atoms with Crippen LogP contribution < -0.4 is 4.72 Å². The van der Waals surface area contributed by atoms with E-state index in [0.29, 0.717) is 19.7 Å². The summed E-state index contributed by atoms with van der Waals surface area (Å²) in [5.74, 6) is -0.828. The predicted octanol–water partition coefficient (Wildman–Crippen LogP) is 3.14. The third-order valence-corrected chi connectivity index (χ3v) is 5.81. The fourth-order valence-electron chi connectivity index (χ4n) is 2.74. The fraction of sp³-hybridized carbons (Fsp3) is 0.278. The van der Waals surface area contributed by atoms with Crippen LogP contribution in [0.15, 0.2) is 47.4 Å². The van der Waals surface area contributed by atoms with E-state index in [2.05, 4.69) is 4.72 Å². The van der Waals surface area contributed by atoms with Crippen LogP contribution in [-0.2, 0) is 14.8 Å². The molecule has 144 valence electrons. The number of morpholine rings is 1. The average Bonchev–Trinajstić information content (AvgIpc) is 2.63. The number of carbonyl (C=O) groups is 1. The van der Waals surface area contributed by atoms with Crippen LogP contribution in [0.2, 0.25) is 5.02 Å². The molecule has 0 aromatic heterocycles. The second-order valence-corrected chi connectivity index (χ2v) is 8.28. The predicted molar refractivity (Wildman–Crippen MR) is 100.0 cm³/mol. The molecule has 1 amide bonds. The van der Waals surface area contributed by atoms with Gasteiger partial charge < -0.3 is 9.64 Å². The average molecular weight is 413 g/mol. The van der Waals surface area contributed by atoms with Gasteiger partial charge in [-0.05, 0) is 49.4 Å². The van der Waals surface area contributed by atoms with Gasteiger partial charge in [-0.3, -0.25) is 9.52 Å². The summed E-state index contributed by atoms with van der Waals surface area (Å²) in [6.07, 6.45) is -0.103. The van der Waals surface area contributed by atoms with Gasteiger partial charge in [0.05, 0.1) is 28.2 Å². The Hall–Kier alpha value is -2.16. The van der Waals surface area contributed by atoms with Crippen molar-refractivity contribution in [1.82, 2.24) is 4.90 Å². The zero-order valence-corrected chi connectivity index (χ0v) is 16.1. The summed E-state index contributed by atoms with van der Waals surface area (Å²) in [6.45, 7) is 3.08. The number of nitrogens with one attached hydrogen (secondary N) is 1. The molecular formula is C18H18ClFN2O4S. The van der Waals surface area contributed by atoms with Crippen LogP contribution in [0.4, 0.5) is 10.1 Å². The third kappa shape index (κ3) is 4.58. The Morgan fingerprint density at radius 1 is 1.26 bits per heavy atom. The maximum Gasteiger partial charge on any atom is 0.261 e. The lowest BCUT2D eigenvalue weighted by molar-refractivity contribution is -0.0124. The monoisotopic (exact) mass is 412 g/mol. The molecule has 27 heavy (non-hydrogen) atoms. The highest BCUT2D eigenvalue weighted by atomic mass is 35.5. The smallest absolute Gasteiger partial charge is 0.261 e. The van der Waals surface area contributed by atoms with Gasteiger partial charge in [0.15, 0.2) is 0 Å². The van der Waals surface area contributed by atoms with Gasteiger partial charge in [-0.2, -0.15) is 0 Å². The molecule has 6 nitrogen and oxygen atoms in total. The van der Waals surface area contributed by atoms with Crippen molar-refractivity contribution in [2.75, 3.05) is 24.4 Å². The summed E-state index contributed by atoms with van der Waals surface area (Å²) >= 11 is 6.14. The fourth-order valence-corrected chi connectivity index (χ4v) is 4.02. The highest BCUT2D eigenvalue weighted by Gasteiger charge is 2.26. The Bertz CT molecular complexity index is 950. The van der Waals surface area contributed by atoms with Crippen molar-refractivity contribution in [3.05, 3.63) is 58.9 Å². The number of hydrogen-bond acceptors (Lipinski definition) is 4. The molecule has 1 aliphatic heterocycles. The van der Waals surface area contributed by atoms with E-state index >= 15 is 0 Å². The maximum atomic E-state index is 13.0. The third-order valence-electron chi connectivity index (χ3n) is 4.10. The van der Waals surface area contributed by atoms with Crippen LogP contribution in [0.1, 0.15) is 17.3 Å². The standard InChI is InChI=1S/C18H18ClFN2O4S/c1-12-11-22(8-9-26-12)18(23)16-10-15(6-7-17(16)19)27(24,25)21-14-4-2-13(20)3-5-14/h2-7,10,12,21H,8-9,11H2,1H3. The van der Waals surface area contributed by atoms with E-state index in [4.69, 9.17) is 16.3 Å². The summed E-state index contributed by atoms with van der Waals surface area (Å²) in [5.41, 5.74) is 0.314. The number of hydrogen-bond donors (Lipinski definition) is 1. The van der Waals surface area contributed by atoms with Crippen molar-refractivity contribution in [1.29, 1.82) is 0 Å². The number of ether oxygens (including phenoxy) is 1. The van der Waals surface area contributed by atoms with Crippen LogP contribution in [0.25, 0.3) is 0 Å². The second kappa shape index (κ2) is 7.84. The number of anilines is 1. The molecule has 0 spiro atoms. The van der Waals surface area contributed by atoms with Gasteiger partial charge in [0, 0.05) is 18.8 Å². The van der Waals surface area contributed by atoms with Gasteiger partial charge in [0.1, 0.15) is 5.82 Å². The molecule has 9 heteroatoms. The Balaban J connectivity index is 1.87. The van der Waals surface area contributed by atoms with Crippen molar-refractivity contribution >= 4 is 33.2 Å². The lowest BCUT2D eigenvalue weighted by atomic mass is 10.1. The maximum absolute atomic E-state index is 13.0. The molecule has 1 aliphatic rings. The number of halogens is 2. The first-order valence-corrected chi connectivity index (χ1v) is 10.1. The van der Waals surface area contributed by atoms with E-state index in [1.807, 2.05) is 6.92 Å². The molecular weight excluding hydrogens is 395 g/mol. The summed E-state index contributed by atoms with van der Waals surface area (Å²) in [6, 6.07) is 8.85. The van der Waals surface area contributed by atoms with Crippen LogP contribution in [-0.4, -0.2) is 45.0 Å². The number of nitrogens with zero attached hydrogens (tertiary/aromatic N) is 1. The topological polar surface area (TPSA) is 75.7 Å². The molecule has 0 saturated carbocycles. The normalized spacial score (nSPS) is 17.6. The lowest BCUT2D eigenvalue weighted by Crippen LogP contribution is -2.44. The van der Waals surface area contributed by atoms with Crippen molar-refractivity contribution in [2.24, 2.45) is 0 Å². The molecule has 0 radical (unpaired) electrons. The Kier molecular flexibility index (Phi) is 5.69. The lowest BCUT2D eigenvalue weighted by Gasteiger charge is -2.31. The van der Waals surface area contributed by atoms with E-state index in [1.165, 1.54) is 30.3 Å². The van der Waals surface area contributed by atoms with E-state index in [9.17, 15) is 17.6 Å². The minimum absolute atomic E-state index is 0.103. The Morgan fingerprint density at radius 3 is 2.63 bits per heavy atom. The highest BCUT2D eigenvalue weighted by Crippen LogP contribution is 2.24. The quantitative estimate of drug-likeness (QED) is 0.837. The van der Waals surface area contributed by atoms with Crippen LogP contribution in [0.3, 0.4) is 0 Å². The second-order valence-electron chi connectivity index (χ2n) is 6.19. The molecule has 0 aliphatic carbocycles. The van der Waals surface area contributed by atoms with Crippen molar-refractivity contribution < 1.29 is 22.3 Å². The van der Waals surface area contributed by atoms with E-state index in [-0.39, 0.29) is 33.2 Å². The highest BCUT2D eigenvalue weighted by molar-refractivity contribution is 7.92. The molecule has 2 aromatic rings. The van der Waals surface area contributed by atoms with Gasteiger partial charge in [0.2, 0.25) is 0 Å².